The molecule has 1 aromatic heterocycles. The molecule has 0 atom stereocenters. The highest BCUT2D eigenvalue weighted by Gasteiger charge is 2.14. The van der Waals surface area contributed by atoms with Crippen LogP contribution in [0.1, 0.15) is 39.0 Å². The fraction of sp³-hybridized carbons (Fsp3) is 0.444. The highest BCUT2D eigenvalue weighted by molar-refractivity contribution is 5.61. The van der Waals surface area contributed by atoms with Crippen molar-refractivity contribution in [3.63, 3.8) is 0 Å². The van der Waals surface area contributed by atoms with Crippen molar-refractivity contribution in [2.45, 2.75) is 45.1 Å². The molecule has 2 aromatic rings. The number of hydrogen-bond donors (Lipinski definition) is 1. The van der Waals surface area contributed by atoms with E-state index in [4.69, 9.17) is 4.74 Å². The summed E-state index contributed by atoms with van der Waals surface area (Å²) in [6.45, 7) is 2.28. The Morgan fingerprint density at radius 3 is 2.78 bits per heavy atom. The molecule has 0 bridgehead atoms. The highest BCUT2D eigenvalue weighted by atomic mass is 19.1. The monoisotopic (exact) mass is 315 g/mol. The predicted molar refractivity (Wildman–Crippen MR) is 89.1 cm³/mol. The molecule has 5 heteroatoms. The van der Waals surface area contributed by atoms with Crippen LogP contribution < -0.4 is 10.1 Å². The molecular weight excluding hydrogens is 293 g/mol. The summed E-state index contributed by atoms with van der Waals surface area (Å²) in [5.74, 6) is 0.513. The second-order valence-corrected chi connectivity index (χ2v) is 5.82. The van der Waals surface area contributed by atoms with Gasteiger partial charge in [0.25, 0.3) is 0 Å². The Labute approximate surface area is 136 Å². The molecule has 3 rings (SSSR count). The Morgan fingerprint density at radius 1 is 1.22 bits per heavy atom. The van der Waals surface area contributed by atoms with E-state index < -0.39 is 0 Å². The van der Waals surface area contributed by atoms with Gasteiger partial charge in [-0.25, -0.2) is 14.4 Å². The van der Waals surface area contributed by atoms with E-state index in [0.717, 1.165) is 18.4 Å². The summed E-state index contributed by atoms with van der Waals surface area (Å²) in [4.78, 5) is 8.81. The first-order valence-corrected chi connectivity index (χ1v) is 8.28. The van der Waals surface area contributed by atoms with Crippen LogP contribution in [0.3, 0.4) is 0 Å². The molecule has 0 spiro atoms. The molecule has 0 unspecified atom stereocenters. The zero-order chi connectivity index (χ0) is 16.1. The van der Waals surface area contributed by atoms with E-state index in [1.807, 2.05) is 13.0 Å². The van der Waals surface area contributed by atoms with Crippen molar-refractivity contribution in [2.24, 2.45) is 0 Å². The molecule has 0 amide bonds. The third-order valence-electron chi connectivity index (χ3n) is 4.12. The van der Waals surface area contributed by atoms with E-state index in [1.54, 1.807) is 18.3 Å². The third-order valence-corrected chi connectivity index (χ3v) is 4.12. The molecule has 1 aromatic carbocycles. The molecule has 23 heavy (non-hydrogen) atoms. The van der Waals surface area contributed by atoms with Gasteiger partial charge < -0.3 is 10.1 Å². The second-order valence-electron chi connectivity index (χ2n) is 5.82. The minimum Gasteiger partial charge on any atom is -0.491 e. The van der Waals surface area contributed by atoms with Crippen LogP contribution >= 0.6 is 0 Å². The molecule has 1 heterocycles. The van der Waals surface area contributed by atoms with Crippen molar-refractivity contribution in [2.75, 3.05) is 11.9 Å². The predicted octanol–water partition coefficient (Wildman–Crippen LogP) is 4.43. The summed E-state index contributed by atoms with van der Waals surface area (Å²) in [7, 11) is 0. The summed E-state index contributed by atoms with van der Waals surface area (Å²) >= 11 is 0. The number of nitrogens with one attached hydrogen (secondary N) is 1. The standard InChI is InChI=1S/C18H22FN3O/c1-2-23-17-9-8-13(12-15(17)19)16-10-11-20-18(22-16)21-14-6-4-3-5-7-14/h8-12,14H,2-7H2,1H3,(H,20,21,22). The van der Waals surface area contributed by atoms with Crippen LogP contribution in [0.2, 0.25) is 0 Å². The molecule has 0 aliphatic heterocycles. The maximum Gasteiger partial charge on any atom is 0.223 e. The molecule has 0 saturated heterocycles. The van der Waals surface area contributed by atoms with Gasteiger partial charge in [0.05, 0.1) is 12.3 Å². The molecule has 1 aliphatic rings. The molecular formula is C18H22FN3O. The van der Waals surface area contributed by atoms with E-state index in [-0.39, 0.29) is 11.6 Å². The van der Waals surface area contributed by atoms with E-state index in [9.17, 15) is 4.39 Å². The average molecular weight is 315 g/mol. The summed E-state index contributed by atoms with van der Waals surface area (Å²) in [6.07, 6.45) is 7.84. The first kappa shape index (κ1) is 15.7. The van der Waals surface area contributed by atoms with Crippen LogP contribution in [0.25, 0.3) is 11.3 Å². The van der Waals surface area contributed by atoms with Crippen LogP contribution in [0.4, 0.5) is 10.3 Å². The van der Waals surface area contributed by atoms with Crippen molar-refractivity contribution >= 4 is 5.95 Å². The molecule has 1 N–H and O–H groups in total. The Bertz CT molecular complexity index is 656. The van der Waals surface area contributed by atoms with E-state index in [2.05, 4.69) is 15.3 Å². The zero-order valence-electron chi connectivity index (χ0n) is 13.4. The third kappa shape index (κ3) is 3.97. The normalized spacial score (nSPS) is 15.4. The highest BCUT2D eigenvalue weighted by Crippen LogP contribution is 2.25. The van der Waals surface area contributed by atoms with Crippen LogP contribution in [0.15, 0.2) is 30.5 Å². The zero-order valence-corrected chi connectivity index (χ0v) is 13.4. The van der Waals surface area contributed by atoms with Gasteiger partial charge in [0.15, 0.2) is 11.6 Å². The van der Waals surface area contributed by atoms with Gasteiger partial charge in [-0.1, -0.05) is 19.3 Å². The van der Waals surface area contributed by atoms with Gasteiger partial charge in [-0.15, -0.1) is 0 Å². The minimum atomic E-state index is -0.371. The average Bonchev–Trinajstić information content (AvgIpc) is 2.58. The van der Waals surface area contributed by atoms with Crippen LogP contribution in [-0.4, -0.2) is 22.6 Å². The molecule has 1 fully saturated rings. The summed E-state index contributed by atoms with van der Waals surface area (Å²) in [5, 5.41) is 3.40. The fourth-order valence-corrected chi connectivity index (χ4v) is 2.95. The molecule has 0 radical (unpaired) electrons. The van der Waals surface area contributed by atoms with E-state index >= 15 is 0 Å². The van der Waals surface area contributed by atoms with Crippen molar-refractivity contribution in [3.8, 4) is 17.0 Å². The van der Waals surface area contributed by atoms with Gasteiger partial charge >= 0.3 is 0 Å². The summed E-state index contributed by atoms with van der Waals surface area (Å²) in [5.41, 5.74) is 1.43. The first-order chi connectivity index (χ1) is 11.3. The number of hydrogen-bond acceptors (Lipinski definition) is 4. The Hall–Kier alpha value is -2.17. The molecule has 4 nitrogen and oxygen atoms in total. The number of benzene rings is 1. The van der Waals surface area contributed by atoms with Crippen molar-refractivity contribution in [3.05, 3.63) is 36.3 Å². The minimum absolute atomic E-state index is 0.269. The lowest BCUT2D eigenvalue weighted by Crippen LogP contribution is -2.23. The topological polar surface area (TPSA) is 47.0 Å². The Morgan fingerprint density at radius 2 is 2.04 bits per heavy atom. The lowest BCUT2D eigenvalue weighted by Gasteiger charge is -2.22. The van der Waals surface area contributed by atoms with Gasteiger partial charge in [0, 0.05) is 17.8 Å². The number of rotatable bonds is 5. The lowest BCUT2D eigenvalue weighted by atomic mass is 9.96. The van der Waals surface area contributed by atoms with Gasteiger partial charge in [0.1, 0.15) is 0 Å². The van der Waals surface area contributed by atoms with Gasteiger partial charge in [0.2, 0.25) is 5.95 Å². The van der Waals surface area contributed by atoms with E-state index in [1.165, 1.54) is 25.3 Å². The van der Waals surface area contributed by atoms with Gasteiger partial charge in [-0.05, 0) is 44.0 Å². The summed E-state index contributed by atoms with van der Waals surface area (Å²) < 4.78 is 19.2. The Kier molecular flexibility index (Phi) is 5.05. The maximum absolute atomic E-state index is 14.0. The SMILES string of the molecule is CCOc1ccc(-c2ccnc(NC3CCCCC3)n2)cc1F. The number of halogens is 1. The van der Waals surface area contributed by atoms with Crippen molar-refractivity contribution in [1.29, 1.82) is 0 Å². The quantitative estimate of drug-likeness (QED) is 0.887. The number of nitrogens with zero attached hydrogens (tertiary/aromatic N) is 2. The van der Waals surface area contributed by atoms with Gasteiger partial charge in [-0.2, -0.15) is 0 Å². The van der Waals surface area contributed by atoms with E-state index in [0.29, 0.717) is 24.3 Å². The molecule has 122 valence electrons. The number of ether oxygens (including phenoxy) is 1. The second kappa shape index (κ2) is 7.40. The maximum atomic E-state index is 14.0. The Balaban J connectivity index is 1.77. The van der Waals surface area contributed by atoms with Crippen molar-refractivity contribution in [1.82, 2.24) is 9.97 Å². The largest absolute Gasteiger partial charge is 0.491 e. The van der Waals surface area contributed by atoms with Crippen LogP contribution in [-0.2, 0) is 0 Å². The van der Waals surface area contributed by atoms with Crippen molar-refractivity contribution < 1.29 is 9.13 Å². The number of anilines is 1. The van der Waals surface area contributed by atoms with Crippen LogP contribution in [0, 0.1) is 5.82 Å². The fourth-order valence-electron chi connectivity index (χ4n) is 2.95. The molecule has 1 saturated carbocycles. The smallest absolute Gasteiger partial charge is 0.223 e. The van der Waals surface area contributed by atoms with Crippen LogP contribution in [0.5, 0.6) is 5.75 Å². The first-order valence-electron chi connectivity index (χ1n) is 8.28. The number of aromatic nitrogens is 2. The van der Waals surface area contributed by atoms with Gasteiger partial charge in [-0.3, -0.25) is 0 Å². The molecule has 1 aliphatic carbocycles. The summed E-state index contributed by atoms with van der Waals surface area (Å²) in [6, 6.07) is 7.15. The lowest BCUT2D eigenvalue weighted by molar-refractivity contribution is 0.321.